The molecule has 0 unspecified atom stereocenters. The lowest BCUT2D eigenvalue weighted by molar-refractivity contribution is -0.107. The molecule has 0 amide bonds. The smallest absolute Gasteiger partial charge is 0.163 e. The summed E-state index contributed by atoms with van der Waals surface area (Å²) < 4.78 is 5.92. The van der Waals surface area contributed by atoms with Crippen LogP contribution in [0, 0.1) is 11.8 Å². The molecule has 0 aromatic heterocycles. The number of carbonyl (C=O) groups is 2. The van der Waals surface area contributed by atoms with Gasteiger partial charge < -0.3 is 9.53 Å². The maximum atomic E-state index is 12.3. The van der Waals surface area contributed by atoms with Crippen molar-refractivity contribution in [2.24, 2.45) is 0 Å². The van der Waals surface area contributed by atoms with Gasteiger partial charge in [-0.15, -0.1) is 0 Å². The number of hydrogen-bond donors (Lipinski definition) is 0. The van der Waals surface area contributed by atoms with E-state index >= 15 is 0 Å². The third-order valence-electron chi connectivity index (χ3n) is 5.42. The van der Waals surface area contributed by atoms with Crippen LogP contribution in [0.15, 0.2) is 78.6 Å². The summed E-state index contributed by atoms with van der Waals surface area (Å²) in [4.78, 5) is 22.7. The van der Waals surface area contributed by atoms with E-state index in [4.69, 9.17) is 4.74 Å². The van der Waals surface area contributed by atoms with Gasteiger partial charge in [0.1, 0.15) is 12.0 Å². The van der Waals surface area contributed by atoms with Gasteiger partial charge in [-0.2, -0.15) is 0 Å². The summed E-state index contributed by atoms with van der Waals surface area (Å²) in [5.74, 6) is 7.36. The van der Waals surface area contributed by atoms with Crippen LogP contribution in [-0.2, 0) is 16.0 Å². The average molecular weight is 439 g/mol. The molecular formula is C30H30O3. The molecule has 2 aromatic rings. The quantitative estimate of drug-likeness (QED) is 0.184. The molecule has 0 saturated heterocycles. The molecule has 0 heterocycles. The molecule has 1 aliphatic carbocycles. The van der Waals surface area contributed by atoms with Crippen molar-refractivity contribution in [2.45, 2.75) is 45.4 Å². The number of allylic oxidation sites excluding steroid dienone is 5. The van der Waals surface area contributed by atoms with Crippen LogP contribution >= 0.6 is 0 Å². The fraction of sp³-hybridized carbons (Fsp3) is 0.267. The zero-order valence-corrected chi connectivity index (χ0v) is 19.2. The molecule has 0 fully saturated rings. The molecule has 0 N–H and O–H groups in total. The highest BCUT2D eigenvalue weighted by atomic mass is 16.5. The number of unbranched alkanes of at least 4 members (excludes halogenated alkanes) is 1. The Morgan fingerprint density at radius 2 is 1.91 bits per heavy atom. The summed E-state index contributed by atoms with van der Waals surface area (Å²) in [6.07, 6.45) is 13.2. The van der Waals surface area contributed by atoms with E-state index in [0.717, 1.165) is 65.6 Å². The lowest BCUT2D eigenvalue weighted by Crippen LogP contribution is -2.01. The minimum absolute atomic E-state index is 0.162. The molecule has 1 aliphatic rings. The van der Waals surface area contributed by atoms with E-state index in [1.54, 1.807) is 0 Å². The Morgan fingerprint density at radius 1 is 1.09 bits per heavy atom. The summed E-state index contributed by atoms with van der Waals surface area (Å²) in [5.41, 5.74) is 5.04. The fourth-order valence-electron chi connectivity index (χ4n) is 3.60. The van der Waals surface area contributed by atoms with E-state index in [9.17, 15) is 9.59 Å². The number of ether oxygens (including phenoxy) is 1. The predicted octanol–water partition coefficient (Wildman–Crippen LogP) is 6.49. The van der Waals surface area contributed by atoms with Crippen molar-refractivity contribution in [1.82, 2.24) is 0 Å². The molecule has 33 heavy (non-hydrogen) atoms. The lowest BCUT2D eigenvalue weighted by Gasteiger charge is -2.09. The molecule has 3 heteroatoms. The first-order valence-electron chi connectivity index (χ1n) is 11.6. The Kier molecular flexibility index (Phi) is 9.48. The topological polar surface area (TPSA) is 43.4 Å². The van der Waals surface area contributed by atoms with Gasteiger partial charge in [-0.05, 0) is 60.2 Å². The Morgan fingerprint density at radius 3 is 2.70 bits per heavy atom. The van der Waals surface area contributed by atoms with Crippen LogP contribution in [0.25, 0.3) is 5.57 Å². The first-order chi connectivity index (χ1) is 16.2. The number of carbonyl (C=O) groups excluding carboxylic acids is 2. The third kappa shape index (κ3) is 7.47. The van der Waals surface area contributed by atoms with Crippen molar-refractivity contribution < 1.29 is 14.3 Å². The van der Waals surface area contributed by atoms with Crippen LogP contribution in [0.5, 0.6) is 0 Å². The van der Waals surface area contributed by atoms with Crippen LogP contribution in [-0.4, -0.2) is 18.7 Å². The number of hydrogen-bond acceptors (Lipinski definition) is 3. The van der Waals surface area contributed by atoms with Crippen molar-refractivity contribution in [3.05, 3.63) is 101 Å². The van der Waals surface area contributed by atoms with Gasteiger partial charge in [0.15, 0.2) is 5.78 Å². The van der Waals surface area contributed by atoms with Gasteiger partial charge in [0.25, 0.3) is 0 Å². The Balaban J connectivity index is 1.50. The molecule has 0 spiro atoms. The summed E-state index contributed by atoms with van der Waals surface area (Å²) >= 11 is 0. The van der Waals surface area contributed by atoms with Gasteiger partial charge in [0.05, 0.1) is 6.61 Å². The van der Waals surface area contributed by atoms with Gasteiger partial charge in [0.2, 0.25) is 0 Å². The number of rotatable bonds is 10. The highest BCUT2D eigenvalue weighted by molar-refractivity contribution is 6.00. The standard InChI is InChI=1S/C30H30O3/c1-2-30(32)29-15-6-5-14-28(29)26-12-8-13-27(21-20-26)33-23-7-3-4-10-24-16-18-25(19-17-24)11-9-22-31/h5-6,8,13-22H,2-3,7,9,11-12,23H2,1H3. The molecular weight excluding hydrogens is 408 g/mol. The average Bonchev–Trinajstić information content (AvgIpc) is 3.10. The van der Waals surface area contributed by atoms with Crippen LogP contribution in [0.3, 0.4) is 0 Å². The lowest BCUT2D eigenvalue weighted by atomic mass is 9.94. The molecule has 0 aliphatic heterocycles. The second-order valence-corrected chi connectivity index (χ2v) is 7.85. The van der Waals surface area contributed by atoms with Crippen molar-refractivity contribution in [3.63, 3.8) is 0 Å². The molecule has 0 radical (unpaired) electrons. The summed E-state index contributed by atoms with van der Waals surface area (Å²) in [6.45, 7) is 2.49. The van der Waals surface area contributed by atoms with Gasteiger partial charge in [-0.25, -0.2) is 0 Å². The SMILES string of the molecule is CCC(=O)c1ccccc1C1=CC=C(OCCCC#Cc2ccc(CCC=O)cc2)C=CC1. The largest absolute Gasteiger partial charge is 0.494 e. The van der Waals surface area contributed by atoms with E-state index < -0.39 is 0 Å². The summed E-state index contributed by atoms with van der Waals surface area (Å²) in [5, 5.41) is 0. The maximum absolute atomic E-state index is 12.3. The second kappa shape index (κ2) is 13.0. The molecule has 0 bridgehead atoms. The molecule has 3 nitrogen and oxygen atoms in total. The first kappa shape index (κ1) is 24.0. The number of benzene rings is 2. The fourth-order valence-corrected chi connectivity index (χ4v) is 3.60. The predicted molar refractivity (Wildman–Crippen MR) is 134 cm³/mol. The minimum Gasteiger partial charge on any atom is -0.494 e. The highest BCUT2D eigenvalue weighted by Crippen LogP contribution is 2.26. The van der Waals surface area contributed by atoms with Crippen molar-refractivity contribution in [3.8, 4) is 11.8 Å². The monoisotopic (exact) mass is 438 g/mol. The van der Waals surface area contributed by atoms with Gasteiger partial charge in [0, 0.05) is 30.4 Å². The van der Waals surface area contributed by atoms with Gasteiger partial charge >= 0.3 is 0 Å². The van der Waals surface area contributed by atoms with Crippen molar-refractivity contribution >= 4 is 17.6 Å². The molecule has 0 atom stereocenters. The molecule has 168 valence electrons. The molecule has 3 rings (SSSR count). The zero-order chi connectivity index (χ0) is 23.3. The van der Waals surface area contributed by atoms with Crippen LogP contribution < -0.4 is 0 Å². The Bertz CT molecular complexity index is 1110. The van der Waals surface area contributed by atoms with Crippen LogP contribution in [0.4, 0.5) is 0 Å². The number of Topliss-reactive ketones (excluding diaryl/α,β-unsaturated/α-hetero) is 1. The molecule has 2 aromatic carbocycles. The third-order valence-corrected chi connectivity index (χ3v) is 5.42. The normalized spacial score (nSPS) is 12.6. The Labute approximate surface area is 196 Å². The van der Waals surface area contributed by atoms with E-state index in [1.165, 1.54) is 0 Å². The van der Waals surface area contributed by atoms with Gasteiger partial charge in [-0.1, -0.05) is 67.3 Å². The van der Waals surface area contributed by atoms with E-state index in [2.05, 4.69) is 24.0 Å². The van der Waals surface area contributed by atoms with E-state index in [0.29, 0.717) is 19.4 Å². The Hall–Kier alpha value is -3.64. The summed E-state index contributed by atoms with van der Waals surface area (Å²) in [6, 6.07) is 15.9. The van der Waals surface area contributed by atoms with Crippen molar-refractivity contribution in [1.29, 1.82) is 0 Å². The number of aldehydes is 1. The first-order valence-corrected chi connectivity index (χ1v) is 11.6. The van der Waals surface area contributed by atoms with Crippen molar-refractivity contribution in [2.75, 3.05) is 6.61 Å². The van der Waals surface area contributed by atoms with Crippen LogP contribution in [0.2, 0.25) is 0 Å². The maximum Gasteiger partial charge on any atom is 0.163 e. The van der Waals surface area contributed by atoms with Gasteiger partial charge in [-0.3, -0.25) is 4.79 Å². The minimum atomic E-state index is 0.162. The molecule has 0 saturated carbocycles. The van der Waals surface area contributed by atoms with E-state index in [1.807, 2.05) is 67.6 Å². The zero-order valence-electron chi connectivity index (χ0n) is 19.2. The number of aryl methyl sites for hydroxylation is 1. The summed E-state index contributed by atoms with van der Waals surface area (Å²) in [7, 11) is 0. The second-order valence-electron chi connectivity index (χ2n) is 7.85. The number of ketones is 1. The van der Waals surface area contributed by atoms with E-state index in [-0.39, 0.29) is 5.78 Å². The highest BCUT2D eigenvalue weighted by Gasteiger charge is 2.12. The van der Waals surface area contributed by atoms with Crippen LogP contribution in [0.1, 0.15) is 66.1 Å².